The van der Waals surface area contributed by atoms with Crippen LogP contribution in [0.15, 0.2) is 30.3 Å². The Kier molecular flexibility index (Phi) is 9.31. The highest BCUT2D eigenvalue weighted by Gasteiger charge is 2.38. The number of hydrogen-bond acceptors (Lipinski definition) is 6. The number of nitrogens with zero attached hydrogens (tertiary/aromatic N) is 1. The first kappa shape index (κ1) is 30.7. The van der Waals surface area contributed by atoms with Crippen molar-refractivity contribution in [2.75, 3.05) is 32.3 Å². The van der Waals surface area contributed by atoms with Crippen LogP contribution in [-0.2, 0) is 28.2 Å². The van der Waals surface area contributed by atoms with E-state index in [-0.39, 0.29) is 31.1 Å². The third-order valence-corrected chi connectivity index (χ3v) is 6.21. The van der Waals surface area contributed by atoms with Gasteiger partial charge in [0.2, 0.25) is 0 Å². The molecule has 0 spiro atoms. The Bertz CT molecular complexity index is 1200. The number of alkyl halides is 6. The highest BCUT2D eigenvalue weighted by Crippen LogP contribution is 2.44. The molecular weight excluding hydrogens is 550 g/mol. The molecule has 1 N–H and O–H groups in total. The van der Waals surface area contributed by atoms with Crippen LogP contribution in [0.25, 0.3) is 0 Å². The number of amides is 2. The molecule has 0 fully saturated rings. The summed E-state index contributed by atoms with van der Waals surface area (Å²) in [5, 5.41) is 2.65. The fourth-order valence-corrected chi connectivity index (χ4v) is 4.40. The first-order valence-corrected chi connectivity index (χ1v) is 12.1. The van der Waals surface area contributed by atoms with Crippen LogP contribution in [0.5, 0.6) is 11.5 Å². The van der Waals surface area contributed by atoms with Crippen molar-refractivity contribution in [2.24, 2.45) is 0 Å². The molecule has 0 aliphatic carbocycles. The van der Waals surface area contributed by atoms with Gasteiger partial charge in [-0.15, -0.1) is 0 Å². The van der Waals surface area contributed by atoms with Gasteiger partial charge >= 0.3 is 24.5 Å². The number of anilines is 1. The van der Waals surface area contributed by atoms with E-state index < -0.39 is 54.4 Å². The lowest BCUT2D eigenvalue weighted by Gasteiger charge is -2.39. The summed E-state index contributed by atoms with van der Waals surface area (Å²) in [6, 6.07) is 3.21. The summed E-state index contributed by atoms with van der Waals surface area (Å²) in [7, 11) is 2.83. The Labute approximate surface area is 226 Å². The summed E-state index contributed by atoms with van der Waals surface area (Å²) in [6.07, 6.45) is -11.7. The van der Waals surface area contributed by atoms with Gasteiger partial charge in [-0.2, -0.15) is 26.3 Å². The van der Waals surface area contributed by atoms with Crippen molar-refractivity contribution in [3.8, 4) is 11.5 Å². The standard InChI is InChI=1S/C26H28F6N2O6/c1-5-39-24(36)34-14(2)8-19(18-12-21(37-3)22(38-4)13-20(18)34)33-23(35)40-7-6-15-9-16(25(27,28)29)11-17(10-15)26(30,31)32/h9-14,19H,5-8H2,1-4H3,(H,33,35)/t14-,19+/m1/s1. The molecule has 0 radical (unpaired) electrons. The third-order valence-electron chi connectivity index (χ3n) is 6.21. The molecule has 2 amide bonds. The third kappa shape index (κ3) is 7.02. The lowest BCUT2D eigenvalue weighted by molar-refractivity contribution is -0.143. The van der Waals surface area contributed by atoms with Gasteiger partial charge in [0, 0.05) is 24.1 Å². The zero-order valence-electron chi connectivity index (χ0n) is 22.0. The number of hydrogen-bond donors (Lipinski definition) is 1. The highest BCUT2D eigenvalue weighted by molar-refractivity contribution is 5.91. The van der Waals surface area contributed by atoms with Gasteiger partial charge < -0.3 is 24.3 Å². The molecule has 40 heavy (non-hydrogen) atoms. The van der Waals surface area contributed by atoms with Gasteiger partial charge in [0.05, 0.1) is 50.3 Å². The molecule has 0 saturated carbocycles. The number of fused-ring (bicyclic) bond motifs is 1. The topological polar surface area (TPSA) is 86.3 Å². The zero-order valence-corrected chi connectivity index (χ0v) is 22.0. The van der Waals surface area contributed by atoms with Gasteiger partial charge in [-0.05, 0) is 50.1 Å². The van der Waals surface area contributed by atoms with Crippen LogP contribution in [0.1, 0.15) is 48.6 Å². The molecule has 2 aromatic carbocycles. The molecule has 0 bridgehead atoms. The van der Waals surface area contributed by atoms with Gasteiger partial charge in [-0.1, -0.05) is 0 Å². The van der Waals surface area contributed by atoms with Gasteiger partial charge in [0.25, 0.3) is 0 Å². The molecule has 1 heterocycles. The maximum absolute atomic E-state index is 13.1. The minimum Gasteiger partial charge on any atom is -0.493 e. The number of alkyl carbamates (subject to hydrolysis) is 1. The van der Waals surface area contributed by atoms with Crippen molar-refractivity contribution in [1.29, 1.82) is 0 Å². The van der Waals surface area contributed by atoms with E-state index in [1.54, 1.807) is 26.0 Å². The smallest absolute Gasteiger partial charge is 0.416 e. The van der Waals surface area contributed by atoms with Gasteiger partial charge in [-0.3, -0.25) is 4.90 Å². The van der Waals surface area contributed by atoms with E-state index >= 15 is 0 Å². The largest absolute Gasteiger partial charge is 0.493 e. The molecule has 0 unspecified atom stereocenters. The number of carbonyl (C=O) groups is 2. The number of nitrogens with one attached hydrogen (secondary N) is 1. The van der Waals surface area contributed by atoms with E-state index in [9.17, 15) is 35.9 Å². The van der Waals surface area contributed by atoms with Crippen LogP contribution < -0.4 is 19.7 Å². The molecule has 2 aromatic rings. The van der Waals surface area contributed by atoms with E-state index in [2.05, 4.69) is 5.32 Å². The Hall–Kier alpha value is -3.84. The van der Waals surface area contributed by atoms with E-state index in [0.717, 1.165) is 0 Å². The normalized spacial score (nSPS) is 17.1. The van der Waals surface area contributed by atoms with E-state index in [1.807, 2.05) is 0 Å². The molecule has 1 aliphatic heterocycles. The SMILES string of the molecule is CCOC(=O)N1c2cc(OC)c(OC)cc2[C@@H](NC(=O)OCCc2cc(C(F)(F)F)cc(C(F)(F)F)c2)C[C@H]1C. The first-order valence-electron chi connectivity index (χ1n) is 12.1. The molecular formula is C26H28F6N2O6. The first-order chi connectivity index (χ1) is 18.7. The van der Waals surface area contributed by atoms with Crippen LogP contribution in [0.3, 0.4) is 0 Å². The molecule has 2 atom stereocenters. The number of ether oxygens (including phenoxy) is 4. The van der Waals surface area contributed by atoms with Gasteiger partial charge in [0.15, 0.2) is 11.5 Å². The van der Waals surface area contributed by atoms with Crippen molar-refractivity contribution in [3.63, 3.8) is 0 Å². The van der Waals surface area contributed by atoms with E-state index in [1.165, 1.54) is 19.1 Å². The van der Waals surface area contributed by atoms with Crippen LogP contribution in [-0.4, -0.2) is 45.7 Å². The molecule has 0 saturated heterocycles. The lowest BCUT2D eigenvalue weighted by atomic mass is 9.91. The Balaban J connectivity index is 1.78. The average Bonchev–Trinajstić information content (AvgIpc) is 2.86. The van der Waals surface area contributed by atoms with Crippen molar-refractivity contribution < 1.29 is 54.9 Å². The van der Waals surface area contributed by atoms with E-state index in [0.29, 0.717) is 34.9 Å². The number of methoxy groups -OCH3 is 2. The summed E-state index contributed by atoms with van der Waals surface area (Å²) in [6.45, 7) is 3.05. The number of rotatable bonds is 7. The van der Waals surface area contributed by atoms with Crippen LogP contribution in [0.4, 0.5) is 41.6 Å². The summed E-state index contributed by atoms with van der Waals surface area (Å²) < 4.78 is 99.6. The van der Waals surface area contributed by atoms with Crippen molar-refractivity contribution >= 4 is 17.9 Å². The minimum atomic E-state index is -4.99. The second-order valence-electron chi connectivity index (χ2n) is 8.92. The van der Waals surface area contributed by atoms with Crippen molar-refractivity contribution in [3.05, 3.63) is 52.6 Å². The minimum absolute atomic E-state index is 0.0294. The lowest BCUT2D eigenvalue weighted by Crippen LogP contribution is -2.46. The predicted molar refractivity (Wildman–Crippen MR) is 131 cm³/mol. The van der Waals surface area contributed by atoms with Crippen molar-refractivity contribution in [1.82, 2.24) is 5.32 Å². The van der Waals surface area contributed by atoms with Gasteiger partial charge in [0.1, 0.15) is 0 Å². The quantitative estimate of drug-likeness (QED) is 0.377. The van der Waals surface area contributed by atoms with E-state index in [4.69, 9.17) is 18.9 Å². The highest BCUT2D eigenvalue weighted by atomic mass is 19.4. The number of benzene rings is 2. The second kappa shape index (κ2) is 12.1. The van der Waals surface area contributed by atoms with Crippen LogP contribution in [0, 0.1) is 0 Å². The fourth-order valence-electron chi connectivity index (χ4n) is 4.40. The Morgan fingerprint density at radius 3 is 2.02 bits per heavy atom. The summed E-state index contributed by atoms with van der Waals surface area (Å²) in [5.74, 6) is 0.648. The molecule has 220 valence electrons. The maximum Gasteiger partial charge on any atom is 0.416 e. The number of halogens is 6. The fraction of sp³-hybridized carbons (Fsp3) is 0.462. The van der Waals surface area contributed by atoms with Crippen LogP contribution >= 0.6 is 0 Å². The predicted octanol–water partition coefficient (Wildman–Crippen LogP) is 6.51. The zero-order chi connectivity index (χ0) is 29.8. The molecule has 8 nitrogen and oxygen atoms in total. The molecule has 0 aromatic heterocycles. The number of carbonyl (C=O) groups excluding carboxylic acids is 2. The monoisotopic (exact) mass is 578 g/mol. The summed E-state index contributed by atoms with van der Waals surface area (Å²) in [5.41, 5.74) is -2.33. The summed E-state index contributed by atoms with van der Waals surface area (Å²) >= 11 is 0. The summed E-state index contributed by atoms with van der Waals surface area (Å²) in [4.78, 5) is 26.7. The second-order valence-corrected chi connectivity index (χ2v) is 8.92. The Morgan fingerprint density at radius 1 is 0.925 bits per heavy atom. The van der Waals surface area contributed by atoms with Crippen molar-refractivity contribution in [2.45, 2.75) is 51.1 Å². The maximum atomic E-state index is 13.1. The van der Waals surface area contributed by atoms with Crippen LogP contribution in [0.2, 0.25) is 0 Å². The molecule has 14 heteroatoms. The molecule has 3 rings (SSSR count). The Morgan fingerprint density at radius 2 is 1.50 bits per heavy atom. The average molecular weight is 579 g/mol. The van der Waals surface area contributed by atoms with Gasteiger partial charge in [-0.25, -0.2) is 9.59 Å². The molecule has 1 aliphatic rings.